The molecule has 0 N–H and O–H groups in total. The standard InChI is InChI=1S/C20H28O3S.Na/c1-3-5-7-9-16-11-12-17(10-8-6-4-2)20-15-18(24(21,22)23)13-14-19(16)20;/h11-15H,3-10H2,1-2H3,(H,21,22,23);/q;+1/p-1. The van der Waals surface area contributed by atoms with Gasteiger partial charge in [0.15, 0.2) is 0 Å². The van der Waals surface area contributed by atoms with Gasteiger partial charge in [-0.05, 0) is 59.7 Å². The van der Waals surface area contributed by atoms with Crippen LogP contribution in [-0.4, -0.2) is 13.0 Å². The van der Waals surface area contributed by atoms with Gasteiger partial charge in [0, 0.05) is 0 Å². The predicted molar refractivity (Wildman–Crippen MR) is 98.4 cm³/mol. The number of hydrogen-bond acceptors (Lipinski definition) is 3. The Morgan fingerprint density at radius 3 is 1.80 bits per heavy atom. The summed E-state index contributed by atoms with van der Waals surface area (Å²) in [6.07, 6.45) is 8.77. The summed E-state index contributed by atoms with van der Waals surface area (Å²) in [5.41, 5.74) is 2.38. The van der Waals surface area contributed by atoms with Gasteiger partial charge >= 0.3 is 29.6 Å². The molecule has 0 aliphatic rings. The molecule has 0 aliphatic carbocycles. The average Bonchev–Trinajstić information content (AvgIpc) is 2.55. The van der Waals surface area contributed by atoms with Crippen molar-refractivity contribution in [3.05, 3.63) is 41.5 Å². The maximum Gasteiger partial charge on any atom is 1.00 e. The first-order chi connectivity index (χ1) is 11.5. The molecule has 0 spiro atoms. The molecule has 2 rings (SSSR count). The molecule has 0 saturated heterocycles. The average molecular weight is 370 g/mol. The summed E-state index contributed by atoms with van der Waals surface area (Å²) in [6, 6.07) is 9.11. The molecule has 0 unspecified atom stereocenters. The molecule has 25 heavy (non-hydrogen) atoms. The second kappa shape index (κ2) is 10.7. The van der Waals surface area contributed by atoms with Crippen molar-refractivity contribution in [1.82, 2.24) is 0 Å². The van der Waals surface area contributed by atoms with Crippen LogP contribution < -0.4 is 29.6 Å². The molecule has 0 aliphatic heterocycles. The van der Waals surface area contributed by atoms with Crippen LogP contribution in [0, 0.1) is 0 Å². The van der Waals surface area contributed by atoms with E-state index in [2.05, 4.69) is 26.0 Å². The van der Waals surface area contributed by atoms with Crippen molar-refractivity contribution >= 4 is 20.9 Å². The Bertz CT molecular complexity index is 785. The maximum absolute atomic E-state index is 11.4. The first-order valence-corrected chi connectivity index (χ1v) is 10.4. The zero-order chi connectivity index (χ0) is 17.6. The minimum Gasteiger partial charge on any atom is -0.744 e. The molecule has 2 aromatic carbocycles. The summed E-state index contributed by atoms with van der Waals surface area (Å²) in [5.74, 6) is 0. The number of aryl methyl sites for hydroxylation is 2. The van der Waals surface area contributed by atoms with Crippen LogP contribution in [0.2, 0.25) is 0 Å². The summed E-state index contributed by atoms with van der Waals surface area (Å²) < 4.78 is 34.2. The van der Waals surface area contributed by atoms with Crippen LogP contribution in [0.4, 0.5) is 0 Å². The van der Waals surface area contributed by atoms with Crippen LogP contribution in [0.1, 0.15) is 63.5 Å². The summed E-state index contributed by atoms with van der Waals surface area (Å²) in [5, 5.41) is 2.02. The van der Waals surface area contributed by atoms with Crippen molar-refractivity contribution in [2.24, 2.45) is 0 Å². The smallest absolute Gasteiger partial charge is 0.744 e. The first kappa shape index (κ1) is 22.7. The number of unbranched alkanes of at least 4 members (excludes halogenated alkanes) is 4. The van der Waals surface area contributed by atoms with Crippen molar-refractivity contribution in [2.75, 3.05) is 0 Å². The molecule has 0 bridgehead atoms. The molecule has 0 saturated carbocycles. The van der Waals surface area contributed by atoms with Crippen LogP contribution in [0.5, 0.6) is 0 Å². The van der Waals surface area contributed by atoms with Gasteiger partial charge in [-0.3, -0.25) is 0 Å². The molecule has 0 atom stereocenters. The van der Waals surface area contributed by atoms with E-state index in [1.807, 2.05) is 6.07 Å². The number of fused-ring (bicyclic) bond motifs is 1. The molecule has 0 radical (unpaired) electrons. The minimum absolute atomic E-state index is 0. The third-order valence-corrected chi connectivity index (χ3v) is 5.39. The first-order valence-electron chi connectivity index (χ1n) is 8.97. The number of rotatable bonds is 9. The van der Waals surface area contributed by atoms with E-state index in [0.717, 1.165) is 54.9 Å². The van der Waals surface area contributed by atoms with Crippen LogP contribution in [0.25, 0.3) is 10.8 Å². The SMILES string of the molecule is CCCCCc1ccc(CCCCC)c2cc(S(=O)(=O)[O-])ccc12.[Na+]. The van der Waals surface area contributed by atoms with Gasteiger partial charge in [0.05, 0.1) is 4.90 Å². The summed E-state index contributed by atoms with van der Waals surface area (Å²) in [6.45, 7) is 4.34. The molecule has 0 aromatic heterocycles. The number of hydrogen-bond donors (Lipinski definition) is 0. The van der Waals surface area contributed by atoms with E-state index in [1.54, 1.807) is 6.07 Å². The largest absolute Gasteiger partial charge is 1.00 e. The normalized spacial score (nSPS) is 11.5. The van der Waals surface area contributed by atoms with Crippen LogP contribution in [-0.2, 0) is 23.0 Å². The minimum atomic E-state index is -4.42. The summed E-state index contributed by atoms with van der Waals surface area (Å²) in [4.78, 5) is -0.127. The van der Waals surface area contributed by atoms with Crippen LogP contribution >= 0.6 is 0 Å². The Hall–Kier alpha value is -0.390. The van der Waals surface area contributed by atoms with E-state index < -0.39 is 10.1 Å². The molecule has 2 aromatic rings. The van der Waals surface area contributed by atoms with Crippen LogP contribution in [0.15, 0.2) is 35.2 Å². The third kappa shape index (κ3) is 6.37. The van der Waals surface area contributed by atoms with E-state index in [0.29, 0.717) is 0 Å². The molecule has 0 heterocycles. The van der Waals surface area contributed by atoms with E-state index in [1.165, 1.54) is 24.5 Å². The van der Waals surface area contributed by atoms with Crippen molar-refractivity contribution in [3.8, 4) is 0 Å². The molecule has 0 amide bonds. The molecule has 5 heteroatoms. The Morgan fingerprint density at radius 1 is 0.800 bits per heavy atom. The van der Waals surface area contributed by atoms with Gasteiger partial charge in [0.1, 0.15) is 10.1 Å². The van der Waals surface area contributed by atoms with E-state index in [-0.39, 0.29) is 34.5 Å². The molecule has 3 nitrogen and oxygen atoms in total. The number of benzene rings is 2. The third-order valence-electron chi connectivity index (χ3n) is 4.56. The van der Waals surface area contributed by atoms with Crippen molar-refractivity contribution in [1.29, 1.82) is 0 Å². The van der Waals surface area contributed by atoms with E-state index in [9.17, 15) is 13.0 Å². The second-order valence-electron chi connectivity index (χ2n) is 6.46. The fourth-order valence-electron chi connectivity index (χ4n) is 3.17. The Morgan fingerprint density at radius 2 is 1.32 bits per heavy atom. The fraction of sp³-hybridized carbons (Fsp3) is 0.500. The molecule has 0 fully saturated rings. The van der Waals surface area contributed by atoms with Gasteiger partial charge < -0.3 is 4.55 Å². The van der Waals surface area contributed by atoms with Gasteiger partial charge in [0.2, 0.25) is 0 Å². The van der Waals surface area contributed by atoms with Gasteiger partial charge in [-0.1, -0.05) is 57.7 Å². The van der Waals surface area contributed by atoms with E-state index >= 15 is 0 Å². The molecule has 132 valence electrons. The topological polar surface area (TPSA) is 57.2 Å². The van der Waals surface area contributed by atoms with Crippen molar-refractivity contribution in [2.45, 2.75) is 70.1 Å². The Kier molecular flexibility index (Phi) is 9.68. The Labute approximate surface area is 174 Å². The summed E-state index contributed by atoms with van der Waals surface area (Å²) in [7, 11) is -4.42. The van der Waals surface area contributed by atoms with Gasteiger partial charge in [-0.25, -0.2) is 8.42 Å². The summed E-state index contributed by atoms with van der Waals surface area (Å²) >= 11 is 0. The predicted octanol–water partition coefficient (Wildman–Crippen LogP) is 2.21. The fourth-order valence-corrected chi connectivity index (χ4v) is 3.67. The molecular formula is C20H27NaO3S. The van der Waals surface area contributed by atoms with Gasteiger partial charge in [-0.2, -0.15) is 0 Å². The zero-order valence-corrected chi connectivity index (χ0v) is 18.5. The second-order valence-corrected chi connectivity index (χ2v) is 7.84. The van der Waals surface area contributed by atoms with Crippen molar-refractivity contribution < 1.29 is 42.5 Å². The Balaban J connectivity index is 0.00000312. The van der Waals surface area contributed by atoms with Crippen molar-refractivity contribution in [3.63, 3.8) is 0 Å². The quantitative estimate of drug-likeness (QED) is 0.386. The molecular weight excluding hydrogens is 343 g/mol. The van der Waals surface area contributed by atoms with E-state index in [4.69, 9.17) is 0 Å². The van der Waals surface area contributed by atoms with Gasteiger partial charge in [0.25, 0.3) is 0 Å². The van der Waals surface area contributed by atoms with Crippen LogP contribution in [0.3, 0.4) is 0 Å². The monoisotopic (exact) mass is 370 g/mol. The van der Waals surface area contributed by atoms with Gasteiger partial charge in [-0.15, -0.1) is 0 Å². The maximum atomic E-state index is 11.4. The zero-order valence-electron chi connectivity index (χ0n) is 15.7.